The molecule has 0 fully saturated rings. The topological polar surface area (TPSA) is 88.1 Å². The van der Waals surface area contributed by atoms with Gasteiger partial charge in [0.1, 0.15) is 21.5 Å². The van der Waals surface area contributed by atoms with Crippen molar-refractivity contribution in [1.82, 2.24) is 0 Å². The maximum atomic E-state index is 11.7. The van der Waals surface area contributed by atoms with Crippen molar-refractivity contribution < 1.29 is 9.53 Å². The molecule has 1 aromatic heterocycles. The standard InChI is InChI=1S/C13H19N3O2S/c1-4-8(5-2)16-12-9(7-14)10(15)11(19-12)13(17)18-6-3/h8,16H,4-6,15H2,1-3H3. The maximum absolute atomic E-state index is 11.7. The quantitative estimate of drug-likeness (QED) is 0.783. The van der Waals surface area contributed by atoms with E-state index >= 15 is 0 Å². The molecule has 19 heavy (non-hydrogen) atoms. The average Bonchev–Trinajstić information content (AvgIpc) is 2.72. The normalized spacial score (nSPS) is 10.3. The molecule has 0 atom stereocenters. The molecule has 0 saturated carbocycles. The molecule has 104 valence electrons. The van der Waals surface area contributed by atoms with Gasteiger partial charge in [0.2, 0.25) is 0 Å². The summed E-state index contributed by atoms with van der Waals surface area (Å²) in [5.74, 6) is -0.473. The summed E-state index contributed by atoms with van der Waals surface area (Å²) in [4.78, 5) is 12.0. The summed E-state index contributed by atoms with van der Waals surface area (Å²) in [6.45, 7) is 6.15. The lowest BCUT2D eigenvalue weighted by Gasteiger charge is -2.14. The van der Waals surface area contributed by atoms with Gasteiger partial charge in [0.15, 0.2) is 0 Å². The van der Waals surface area contributed by atoms with Crippen molar-refractivity contribution in [1.29, 1.82) is 5.26 Å². The zero-order valence-corrected chi connectivity index (χ0v) is 12.3. The van der Waals surface area contributed by atoms with Gasteiger partial charge in [0.05, 0.1) is 12.3 Å². The molecule has 0 aliphatic carbocycles. The molecule has 1 aromatic rings. The number of carbonyl (C=O) groups is 1. The summed E-state index contributed by atoms with van der Waals surface area (Å²) in [6, 6.07) is 2.31. The minimum Gasteiger partial charge on any atom is -0.462 e. The van der Waals surface area contributed by atoms with Crippen LogP contribution in [0.1, 0.15) is 48.8 Å². The van der Waals surface area contributed by atoms with Crippen LogP contribution in [0.2, 0.25) is 0 Å². The van der Waals surface area contributed by atoms with E-state index in [-0.39, 0.29) is 18.3 Å². The number of nitriles is 1. The van der Waals surface area contributed by atoms with Crippen molar-refractivity contribution in [3.05, 3.63) is 10.4 Å². The minimum absolute atomic E-state index is 0.208. The first-order valence-electron chi connectivity index (χ1n) is 6.34. The summed E-state index contributed by atoms with van der Waals surface area (Å²) >= 11 is 1.18. The molecular weight excluding hydrogens is 262 g/mol. The molecule has 0 spiro atoms. The SMILES string of the molecule is CCOC(=O)c1sc(NC(CC)CC)c(C#N)c1N. The number of nitrogens with one attached hydrogen (secondary N) is 1. The van der Waals surface area contributed by atoms with E-state index in [0.717, 1.165) is 12.8 Å². The van der Waals surface area contributed by atoms with Crippen molar-refractivity contribution >= 4 is 28.0 Å². The number of ether oxygens (including phenoxy) is 1. The third-order valence-electron chi connectivity index (χ3n) is 2.84. The van der Waals surface area contributed by atoms with Crippen LogP contribution >= 0.6 is 11.3 Å². The van der Waals surface area contributed by atoms with Crippen LogP contribution in [0.15, 0.2) is 0 Å². The van der Waals surface area contributed by atoms with Crippen LogP contribution < -0.4 is 11.1 Å². The van der Waals surface area contributed by atoms with E-state index in [9.17, 15) is 4.79 Å². The summed E-state index contributed by atoms with van der Waals surface area (Å²) in [7, 11) is 0. The Labute approximate surface area is 117 Å². The van der Waals surface area contributed by atoms with Gasteiger partial charge in [-0.25, -0.2) is 4.79 Å². The number of thiophene rings is 1. The minimum atomic E-state index is -0.473. The first kappa shape index (κ1) is 15.3. The molecule has 0 saturated heterocycles. The molecule has 3 N–H and O–H groups in total. The number of rotatable bonds is 6. The molecule has 0 radical (unpaired) electrons. The van der Waals surface area contributed by atoms with E-state index in [2.05, 4.69) is 19.2 Å². The Bertz CT molecular complexity index is 487. The Morgan fingerprint density at radius 1 is 1.47 bits per heavy atom. The van der Waals surface area contributed by atoms with Crippen molar-refractivity contribution in [2.75, 3.05) is 17.7 Å². The molecular formula is C13H19N3O2S. The van der Waals surface area contributed by atoms with Gasteiger partial charge in [-0.15, -0.1) is 11.3 Å². The maximum Gasteiger partial charge on any atom is 0.350 e. The number of esters is 1. The van der Waals surface area contributed by atoms with Crippen molar-refractivity contribution in [2.45, 2.75) is 39.7 Å². The fourth-order valence-corrected chi connectivity index (χ4v) is 2.72. The van der Waals surface area contributed by atoms with E-state index in [4.69, 9.17) is 15.7 Å². The molecule has 0 aliphatic heterocycles. The highest BCUT2D eigenvalue weighted by Crippen LogP contribution is 2.36. The van der Waals surface area contributed by atoms with E-state index in [0.29, 0.717) is 15.4 Å². The Hall–Kier alpha value is -1.74. The second-order valence-electron chi connectivity index (χ2n) is 4.04. The predicted molar refractivity (Wildman–Crippen MR) is 77.4 cm³/mol. The lowest BCUT2D eigenvalue weighted by Crippen LogP contribution is -2.16. The molecule has 5 nitrogen and oxygen atoms in total. The van der Waals surface area contributed by atoms with Gasteiger partial charge in [0.25, 0.3) is 0 Å². The van der Waals surface area contributed by atoms with Crippen LogP contribution in [-0.2, 0) is 4.74 Å². The fraction of sp³-hybridized carbons (Fsp3) is 0.538. The van der Waals surface area contributed by atoms with Gasteiger partial charge in [-0.05, 0) is 19.8 Å². The lowest BCUT2D eigenvalue weighted by atomic mass is 10.1. The second-order valence-corrected chi connectivity index (χ2v) is 5.06. The number of nitrogen functional groups attached to an aromatic ring is 1. The van der Waals surface area contributed by atoms with Crippen LogP contribution in [0.5, 0.6) is 0 Å². The smallest absolute Gasteiger partial charge is 0.350 e. The Morgan fingerprint density at radius 2 is 2.11 bits per heavy atom. The summed E-state index contributed by atoms with van der Waals surface area (Å²) in [6.07, 6.45) is 1.88. The summed E-state index contributed by atoms with van der Waals surface area (Å²) in [5.41, 5.74) is 6.39. The Morgan fingerprint density at radius 3 is 2.58 bits per heavy atom. The zero-order valence-electron chi connectivity index (χ0n) is 11.4. The van der Waals surface area contributed by atoms with Gasteiger partial charge >= 0.3 is 5.97 Å². The zero-order chi connectivity index (χ0) is 14.4. The molecule has 0 aliphatic rings. The first-order chi connectivity index (χ1) is 9.08. The van der Waals surface area contributed by atoms with E-state index < -0.39 is 5.97 Å². The lowest BCUT2D eigenvalue weighted by molar-refractivity contribution is 0.0533. The third kappa shape index (κ3) is 3.38. The van der Waals surface area contributed by atoms with E-state index in [1.54, 1.807) is 6.92 Å². The predicted octanol–water partition coefficient (Wildman–Crippen LogP) is 2.98. The third-order valence-corrected chi connectivity index (χ3v) is 3.96. The highest BCUT2D eigenvalue weighted by Gasteiger charge is 2.22. The summed E-state index contributed by atoms with van der Waals surface area (Å²) < 4.78 is 4.93. The van der Waals surface area contributed by atoms with Crippen LogP contribution in [-0.4, -0.2) is 18.6 Å². The van der Waals surface area contributed by atoms with Crippen LogP contribution in [0, 0.1) is 11.3 Å². The van der Waals surface area contributed by atoms with Gasteiger partial charge in [0, 0.05) is 6.04 Å². The van der Waals surface area contributed by atoms with Gasteiger partial charge in [-0.2, -0.15) is 5.26 Å². The molecule has 6 heteroatoms. The molecule has 1 rings (SSSR count). The number of hydrogen-bond donors (Lipinski definition) is 2. The first-order valence-corrected chi connectivity index (χ1v) is 7.16. The van der Waals surface area contributed by atoms with Crippen LogP contribution in [0.25, 0.3) is 0 Å². The van der Waals surface area contributed by atoms with E-state index in [1.165, 1.54) is 11.3 Å². The van der Waals surface area contributed by atoms with E-state index in [1.807, 2.05) is 6.07 Å². The summed E-state index contributed by atoms with van der Waals surface area (Å²) in [5, 5.41) is 13.1. The highest BCUT2D eigenvalue weighted by molar-refractivity contribution is 7.18. The number of anilines is 2. The Kier molecular flexibility index (Phi) is 5.64. The molecule has 0 amide bonds. The highest BCUT2D eigenvalue weighted by atomic mass is 32.1. The van der Waals surface area contributed by atoms with Gasteiger partial charge in [-0.1, -0.05) is 13.8 Å². The monoisotopic (exact) mass is 281 g/mol. The van der Waals surface area contributed by atoms with Crippen molar-refractivity contribution in [3.63, 3.8) is 0 Å². The molecule has 0 bridgehead atoms. The van der Waals surface area contributed by atoms with Gasteiger partial charge < -0.3 is 15.8 Å². The van der Waals surface area contributed by atoms with Crippen LogP contribution in [0.3, 0.4) is 0 Å². The van der Waals surface area contributed by atoms with Crippen molar-refractivity contribution in [3.8, 4) is 6.07 Å². The number of carbonyl (C=O) groups excluding carboxylic acids is 1. The molecule has 0 aromatic carbocycles. The number of hydrogen-bond acceptors (Lipinski definition) is 6. The van der Waals surface area contributed by atoms with Crippen molar-refractivity contribution in [2.24, 2.45) is 0 Å². The number of nitrogens with two attached hydrogens (primary N) is 1. The second kappa shape index (κ2) is 7.00. The number of nitrogens with zero attached hydrogens (tertiary/aromatic N) is 1. The van der Waals surface area contributed by atoms with Gasteiger partial charge in [-0.3, -0.25) is 0 Å². The average molecular weight is 281 g/mol. The fourth-order valence-electron chi connectivity index (χ4n) is 1.68. The molecule has 0 unspecified atom stereocenters. The Balaban J connectivity index is 3.09. The molecule has 1 heterocycles. The largest absolute Gasteiger partial charge is 0.462 e. The van der Waals surface area contributed by atoms with Crippen LogP contribution in [0.4, 0.5) is 10.7 Å².